The van der Waals surface area contributed by atoms with Crippen LogP contribution in [0.3, 0.4) is 0 Å². The van der Waals surface area contributed by atoms with Crippen LogP contribution in [0.5, 0.6) is 0 Å². The Bertz CT molecular complexity index is 366. The van der Waals surface area contributed by atoms with E-state index in [1.54, 1.807) is 4.90 Å². The summed E-state index contributed by atoms with van der Waals surface area (Å²) in [6, 6.07) is 0. The Kier molecular flexibility index (Phi) is 3.28. The van der Waals surface area contributed by atoms with Gasteiger partial charge in [-0.2, -0.15) is 0 Å². The van der Waals surface area contributed by atoms with E-state index in [1.165, 1.54) is 16.2 Å². The number of carbonyl (C=O) groups is 1. The Labute approximate surface area is 98.2 Å². The van der Waals surface area contributed by atoms with Gasteiger partial charge in [0.25, 0.3) is 0 Å². The minimum Gasteiger partial charge on any atom is -0.450 e. The average Bonchev–Trinajstić information content (AvgIpc) is 2.48. The van der Waals surface area contributed by atoms with E-state index in [9.17, 15) is 4.79 Å². The highest BCUT2D eigenvalue weighted by atomic mass is 32.1. The molecule has 2 heterocycles. The van der Waals surface area contributed by atoms with Gasteiger partial charge in [0.2, 0.25) is 0 Å². The number of nitrogens with two attached hydrogens (primary N) is 1. The maximum Gasteiger partial charge on any atom is 0.409 e. The third-order valence-electron chi connectivity index (χ3n) is 2.55. The number of anilines is 1. The van der Waals surface area contributed by atoms with Crippen molar-refractivity contribution in [3.8, 4) is 0 Å². The minimum absolute atomic E-state index is 0.231. The van der Waals surface area contributed by atoms with Gasteiger partial charge in [0.15, 0.2) is 5.13 Å². The molecule has 16 heavy (non-hydrogen) atoms. The number of nitrogens with zero attached hydrogens (tertiary/aromatic N) is 2. The van der Waals surface area contributed by atoms with Crippen molar-refractivity contribution in [1.82, 2.24) is 9.88 Å². The van der Waals surface area contributed by atoms with Crippen molar-refractivity contribution in [3.05, 3.63) is 10.6 Å². The van der Waals surface area contributed by atoms with Gasteiger partial charge in [-0.05, 0) is 6.92 Å². The molecule has 1 aromatic heterocycles. The van der Waals surface area contributed by atoms with Gasteiger partial charge in [0, 0.05) is 30.8 Å². The van der Waals surface area contributed by atoms with E-state index in [1.807, 2.05) is 6.92 Å². The SMILES string of the molecule is CCOC(=O)N1CCc2nc(N)sc2CC1. The fraction of sp³-hybridized carbons (Fsp3) is 0.600. The van der Waals surface area contributed by atoms with E-state index in [-0.39, 0.29) is 6.09 Å². The molecule has 2 N–H and O–H groups in total. The van der Waals surface area contributed by atoms with Gasteiger partial charge in [-0.25, -0.2) is 9.78 Å². The molecule has 88 valence electrons. The fourth-order valence-corrected chi connectivity index (χ4v) is 2.65. The molecular formula is C10H15N3O2S. The van der Waals surface area contributed by atoms with Crippen LogP contribution in [0.1, 0.15) is 17.5 Å². The minimum atomic E-state index is -0.231. The molecule has 0 fully saturated rings. The van der Waals surface area contributed by atoms with Gasteiger partial charge in [-0.1, -0.05) is 0 Å². The van der Waals surface area contributed by atoms with E-state index in [4.69, 9.17) is 10.5 Å². The van der Waals surface area contributed by atoms with E-state index in [2.05, 4.69) is 4.98 Å². The van der Waals surface area contributed by atoms with E-state index in [0.717, 1.165) is 18.5 Å². The highest BCUT2D eigenvalue weighted by molar-refractivity contribution is 7.15. The lowest BCUT2D eigenvalue weighted by Gasteiger charge is -2.18. The van der Waals surface area contributed by atoms with Gasteiger partial charge >= 0.3 is 6.09 Å². The van der Waals surface area contributed by atoms with Crippen LogP contribution in [-0.4, -0.2) is 35.7 Å². The number of rotatable bonds is 1. The Morgan fingerprint density at radius 2 is 2.31 bits per heavy atom. The summed E-state index contributed by atoms with van der Waals surface area (Å²) in [6.45, 7) is 3.58. The summed E-state index contributed by atoms with van der Waals surface area (Å²) in [5, 5.41) is 0.620. The van der Waals surface area contributed by atoms with Gasteiger partial charge in [-0.3, -0.25) is 0 Å². The molecule has 0 saturated carbocycles. The first kappa shape index (κ1) is 11.2. The summed E-state index contributed by atoms with van der Waals surface area (Å²) in [4.78, 5) is 18.7. The van der Waals surface area contributed by atoms with Crippen LogP contribution >= 0.6 is 11.3 Å². The molecule has 2 rings (SSSR count). The number of fused-ring (bicyclic) bond motifs is 1. The van der Waals surface area contributed by atoms with Crippen LogP contribution in [-0.2, 0) is 17.6 Å². The molecule has 0 aromatic carbocycles. The topological polar surface area (TPSA) is 68.5 Å². The maximum atomic E-state index is 11.6. The van der Waals surface area contributed by atoms with Gasteiger partial charge < -0.3 is 15.4 Å². The molecule has 0 aliphatic carbocycles. The zero-order valence-electron chi connectivity index (χ0n) is 9.23. The normalized spacial score (nSPS) is 15.4. The molecule has 0 spiro atoms. The first-order chi connectivity index (χ1) is 7.70. The van der Waals surface area contributed by atoms with Crippen LogP contribution in [0, 0.1) is 0 Å². The quantitative estimate of drug-likeness (QED) is 0.804. The standard InChI is InChI=1S/C10H15N3O2S/c1-2-15-10(14)13-5-3-7-8(4-6-13)16-9(11)12-7/h2-6H2,1H3,(H2,11,12). The predicted octanol–water partition coefficient (Wildman–Crippen LogP) is 1.28. The predicted molar refractivity (Wildman–Crippen MR) is 62.5 cm³/mol. The first-order valence-corrected chi connectivity index (χ1v) is 6.18. The Morgan fingerprint density at radius 1 is 1.56 bits per heavy atom. The maximum absolute atomic E-state index is 11.6. The van der Waals surface area contributed by atoms with Gasteiger partial charge in [-0.15, -0.1) is 11.3 Å². The summed E-state index contributed by atoms with van der Waals surface area (Å²) in [5.41, 5.74) is 6.69. The fourth-order valence-electron chi connectivity index (χ4n) is 1.78. The first-order valence-electron chi connectivity index (χ1n) is 5.36. The molecular weight excluding hydrogens is 226 g/mol. The van der Waals surface area contributed by atoms with Gasteiger partial charge in [0.05, 0.1) is 12.3 Å². The molecule has 0 bridgehead atoms. The lowest BCUT2D eigenvalue weighted by atomic mass is 10.2. The van der Waals surface area contributed by atoms with Crippen molar-refractivity contribution in [2.75, 3.05) is 25.4 Å². The zero-order valence-corrected chi connectivity index (χ0v) is 10.0. The second-order valence-electron chi connectivity index (χ2n) is 3.61. The number of ether oxygens (including phenoxy) is 1. The number of nitrogen functional groups attached to an aromatic ring is 1. The van der Waals surface area contributed by atoms with Crippen LogP contribution in [0.4, 0.5) is 9.93 Å². The van der Waals surface area contributed by atoms with E-state index in [0.29, 0.717) is 24.8 Å². The van der Waals surface area contributed by atoms with E-state index < -0.39 is 0 Å². The lowest BCUT2D eigenvalue weighted by molar-refractivity contribution is 0.109. The van der Waals surface area contributed by atoms with Crippen molar-refractivity contribution in [2.24, 2.45) is 0 Å². The molecule has 0 saturated heterocycles. The molecule has 1 aliphatic heterocycles. The van der Waals surface area contributed by atoms with Crippen molar-refractivity contribution in [1.29, 1.82) is 0 Å². The Hall–Kier alpha value is -1.30. The van der Waals surface area contributed by atoms with Crippen LogP contribution < -0.4 is 5.73 Å². The summed E-state index contributed by atoms with van der Waals surface area (Å²) in [6.07, 6.45) is 1.36. The van der Waals surface area contributed by atoms with E-state index >= 15 is 0 Å². The molecule has 0 atom stereocenters. The number of carbonyl (C=O) groups excluding carboxylic acids is 1. The highest BCUT2D eigenvalue weighted by Crippen LogP contribution is 2.24. The largest absolute Gasteiger partial charge is 0.450 e. The average molecular weight is 241 g/mol. The number of amides is 1. The molecule has 5 nitrogen and oxygen atoms in total. The zero-order chi connectivity index (χ0) is 11.5. The number of thiazole rings is 1. The summed E-state index contributed by atoms with van der Waals surface area (Å²) in [5.74, 6) is 0. The van der Waals surface area contributed by atoms with Crippen molar-refractivity contribution in [3.63, 3.8) is 0 Å². The monoisotopic (exact) mass is 241 g/mol. The molecule has 1 aliphatic rings. The number of aromatic nitrogens is 1. The van der Waals surface area contributed by atoms with Crippen molar-refractivity contribution < 1.29 is 9.53 Å². The summed E-state index contributed by atoms with van der Waals surface area (Å²) in [7, 11) is 0. The molecule has 1 amide bonds. The second-order valence-corrected chi connectivity index (χ2v) is 4.72. The Balaban J connectivity index is 2.02. The highest BCUT2D eigenvalue weighted by Gasteiger charge is 2.21. The van der Waals surface area contributed by atoms with Crippen LogP contribution in [0.25, 0.3) is 0 Å². The number of hydrogen-bond donors (Lipinski definition) is 1. The smallest absolute Gasteiger partial charge is 0.409 e. The molecule has 0 radical (unpaired) electrons. The summed E-state index contributed by atoms with van der Waals surface area (Å²) >= 11 is 1.52. The lowest BCUT2D eigenvalue weighted by Crippen LogP contribution is -2.33. The molecule has 1 aromatic rings. The van der Waals surface area contributed by atoms with Crippen molar-refractivity contribution >= 4 is 22.6 Å². The third-order valence-corrected chi connectivity index (χ3v) is 3.53. The summed E-state index contributed by atoms with van der Waals surface area (Å²) < 4.78 is 4.98. The number of hydrogen-bond acceptors (Lipinski definition) is 5. The second kappa shape index (κ2) is 4.69. The van der Waals surface area contributed by atoms with Gasteiger partial charge in [0.1, 0.15) is 0 Å². The molecule has 0 unspecified atom stereocenters. The Morgan fingerprint density at radius 3 is 3.06 bits per heavy atom. The molecule has 6 heteroatoms. The third kappa shape index (κ3) is 2.27. The van der Waals surface area contributed by atoms with Crippen LogP contribution in [0.2, 0.25) is 0 Å². The van der Waals surface area contributed by atoms with Crippen molar-refractivity contribution in [2.45, 2.75) is 19.8 Å². The van der Waals surface area contributed by atoms with Crippen LogP contribution in [0.15, 0.2) is 0 Å².